The Bertz CT molecular complexity index is 489. The molecule has 1 rings (SSSR count). The Hall–Kier alpha value is -1.43. The number of hydrogen-bond donors (Lipinski definition) is 2. The van der Waals surface area contributed by atoms with Gasteiger partial charge in [0.05, 0.1) is 10.6 Å². The molecule has 1 aromatic rings. The molecule has 0 unspecified atom stereocenters. The van der Waals surface area contributed by atoms with Gasteiger partial charge in [-0.1, -0.05) is 25.4 Å². The van der Waals surface area contributed by atoms with E-state index >= 15 is 0 Å². The molecule has 0 aliphatic rings. The Balaban J connectivity index is 2.81. The third-order valence-corrected chi connectivity index (χ3v) is 3.22. The molecule has 2 amide bonds. The van der Waals surface area contributed by atoms with Crippen LogP contribution in [0.25, 0.3) is 0 Å². The Morgan fingerprint density at radius 3 is 2.35 bits per heavy atom. The van der Waals surface area contributed by atoms with Gasteiger partial charge < -0.3 is 10.6 Å². The summed E-state index contributed by atoms with van der Waals surface area (Å²) in [4.78, 5) is 11.6. The number of urea groups is 1. The third-order valence-electron chi connectivity index (χ3n) is 2.89. The maximum absolute atomic E-state index is 12.7. The maximum Gasteiger partial charge on any atom is 0.417 e. The predicted octanol–water partition coefficient (Wildman–Crippen LogP) is 4.52. The van der Waals surface area contributed by atoms with Gasteiger partial charge in [-0.15, -0.1) is 0 Å². The minimum atomic E-state index is -4.56. The quantitative estimate of drug-likeness (QED) is 0.846. The van der Waals surface area contributed by atoms with Crippen molar-refractivity contribution in [2.75, 3.05) is 5.32 Å². The molecule has 0 heterocycles. The first-order chi connectivity index (χ1) is 9.11. The highest BCUT2D eigenvalue weighted by Gasteiger charge is 2.33. The molecule has 0 bridgehead atoms. The number of alkyl halides is 3. The molecule has 0 aliphatic carbocycles. The normalized spacial score (nSPS) is 13.2. The molecule has 7 heteroatoms. The maximum atomic E-state index is 12.7. The standard InChI is InChI=1S/C13H16ClF3N2O/c1-7(2)8(3)18-12(20)19-9-4-5-11(14)10(6-9)13(15,16)17/h4-8H,1-3H3,(H2,18,19,20)/t8-/m1/s1. The number of rotatable bonds is 3. The molecule has 0 fully saturated rings. The van der Waals surface area contributed by atoms with E-state index in [0.29, 0.717) is 0 Å². The lowest BCUT2D eigenvalue weighted by atomic mass is 10.1. The summed E-state index contributed by atoms with van der Waals surface area (Å²) in [7, 11) is 0. The van der Waals surface area contributed by atoms with Crippen molar-refractivity contribution in [1.29, 1.82) is 0 Å². The van der Waals surface area contributed by atoms with Crippen molar-refractivity contribution >= 4 is 23.3 Å². The second-order valence-electron chi connectivity index (χ2n) is 4.82. The Morgan fingerprint density at radius 2 is 1.85 bits per heavy atom. The summed E-state index contributed by atoms with van der Waals surface area (Å²) in [5.74, 6) is 0.219. The van der Waals surface area contributed by atoms with E-state index in [4.69, 9.17) is 11.6 Å². The Morgan fingerprint density at radius 1 is 1.25 bits per heavy atom. The van der Waals surface area contributed by atoms with Gasteiger partial charge in [0.2, 0.25) is 0 Å². The van der Waals surface area contributed by atoms with Gasteiger partial charge in [-0.25, -0.2) is 4.79 Å². The smallest absolute Gasteiger partial charge is 0.335 e. The second-order valence-corrected chi connectivity index (χ2v) is 5.23. The van der Waals surface area contributed by atoms with E-state index in [9.17, 15) is 18.0 Å². The monoisotopic (exact) mass is 308 g/mol. The van der Waals surface area contributed by atoms with Crippen LogP contribution in [0, 0.1) is 5.92 Å². The second kappa shape index (κ2) is 6.35. The van der Waals surface area contributed by atoms with Gasteiger partial charge in [-0.05, 0) is 31.0 Å². The van der Waals surface area contributed by atoms with Crippen LogP contribution in [0.1, 0.15) is 26.3 Å². The summed E-state index contributed by atoms with van der Waals surface area (Å²) in [6.07, 6.45) is -4.56. The molecule has 2 N–H and O–H groups in total. The van der Waals surface area contributed by atoms with E-state index in [1.807, 2.05) is 20.8 Å². The molecular formula is C13H16ClF3N2O. The van der Waals surface area contributed by atoms with Crippen LogP contribution in [0.5, 0.6) is 0 Å². The van der Waals surface area contributed by atoms with E-state index in [1.165, 1.54) is 6.07 Å². The third kappa shape index (κ3) is 4.59. The van der Waals surface area contributed by atoms with E-state index in [2.05, 4.69) is 10.6 Å². The van der Waals surface area contributed by atoms with E-state index in [0.717, 1.165) is 12.1 Å². The lowest BCUT2D eigenvalue weighted by Crippen LogP contribution is -2.39. The fourth-order valence-corrected chi connectivity index (χ4v) is 1.59. The summed E-state index contributed by atoms with van der Waals surface area (Å²) in [5.41, 5.74) is -0.941. The summed E-state index contributed by atoms with van der Waals surface area (Å²) >= 11 is 5.49. The summed E-state index contributed by atoms with van der Waals surface area (Å²) < 4.78 is 38.0. The first-order valence-corrected chi connectivity index (χ1v) is 6.43. The van der Waals surface area contributed by atoms with Gasteiger partial charge in [0.25, 0.3) is 0 Å². The molecule has 0 aromatic heterocycles. The van der Waals surface area contributed by atoms with E-state index in [-0.39, 0.29) is 17.6 Å². The van der Waals surface area contributed by atoms with Crippen molar-refractivity contribution in [3.8, 4) is 0 Å². The molecule has 0 spiro atoms. The lowest BCUT2D eigenvalue weighted by molar-refractivity contribution is -0.137. The zero-order valence-electron chi connectivity index (χ0n) is 11.3. The van der Waals surface area contributed by atoms with Crippen molar-refractivity contribution in [2.45, 2.75) is 33.0 Å². The lowest BCUT2D eigenvalue weighted by Gasteiger charge is -2.18. The van der Waals surface area contributed by atoms with E-state index < -0.39 is 22.8 Å². The first kappa shape index (κ1) is 16.6. The molecular weight excluding hydrogens is 293 g/mol. The Kier molecular flexibility index (Phi) is 5.28. The van der Waals surface area contributed by atoms with Crippen LogP contribution in [0.3, 0.4) is 0 Å². The molecule has 3 nitrogen and oxygen atoms in total. The van der Waals surface area contributed by atoms with Crippen LogP contribution in [-0.4, -0.2) is 12.1 Å². The molecule has 0 radical (unpaired) electrons. The van der Waals surface area contributed by atoms with Crippen LogP contribution >= 0.6 is 11.6 Å². The zero-order valence-corrected chi connectivity index (χ0v) is 12.1. The number of benzene rings is 1. The van der Waals surface area contributed by atoms with Crippen molar-refractivity contribution in [3.05, 3.63) is 28.8 Å². The molecule has 112 valence electrons. The number of carbonyl (C=O) groups is 1. The number of halogens is 4. The van der Waals surface area contributed by atoms with Crippen molar-refractivity contribution in [2.24, 2.45) is 5.92 Å². The highest BCUT2D eigenvalue weighted by molar-refractivity contribution is 6.31. The number of carbonyl (C=O) groups excluding carboxylic acids is 1. The summed E-state index contributed by atoms with van der Waals surface area (Å²) in [6, 6.07) is 2.58. The zero-order chi connectivity index (χ0) is 15.5. The number of hydrogen-bond acceptors (Lipinski definition) is 1. The number of nitrogens with one attached hydrogen (secondary N) is 2. The molecule has 20 heavy (non-hydrogen) atoms. The number of anilines is 1. The van der Waals surface area contributed by atoms with Gasteiger partial charge in [0.1, 0.15) is 0 Å². The molecule has 1 atom stereocenters. The largest absolute Gasteiger partial charge is 0.417 e. The van der Waals surface area contributed by atoms with Gasteiger partial charge in [-0.3, -0.25) is 0 Å². The van der Waals surface area contributed by atoms with E-state index in [1.54, 1.807) is 0 Å². The summed E-state index contributed by atoms with van der Waals surface area (Å²) in [6.45, 7) is 5.66. The van der Waals surface area contributed by atoms with Gasteiger partial charge >= 0.3 is 12.2 Å². The molecule has 0 saturated heterocycles. The van der Waals surface area contributed by atoms with Crippen LogP contribution in [0.15, 0.2) is 18.2 Å². The van der Waals surface area contributed by atoms with Crippen LogP contribution in [0.4, 0.5) is 23.7 Å². The van der Waals surface area contributed by atoms with Crippen LogP contribution in [-0.2, 0) is 6.18 Å². The van der Waals surface area contributed by atoms with Crippen LogP contribution in [0.2, 0.25) is 5.02 Å². The minimum Gasteiger partial charge on any atom is -0.335 e. The van der Waals surface area contributed by atoms with Crippen LogP contribution < -0.4 is 10.6 Å². The fourth-order valence-electron chi connectivity index (χ4n) is 1.36. The fraction of sp³-hybridized carbons (Fsp3) is 0.462. The molecule has 0 aliphatic heterocycles. The summed E-state index contributed by atoms with van der Waals surface area (Å²) in [5, 5.41) is 4.59. The average Bonchev–Trinajstić information content (AvgIpc) is 2.29. The first-order valence-electron chi connectivity index (χ1n) is 6.05. The topological polar surface area (TPSA) is 41.1 Å². The van der Waals surface area contributed by atoms with Crippen molar-refractivity contribution in [1.82, 2.24) is 5.32 Å². The van der Waals surface area contributed by atoms with Gasteiger partial charge in [0.15, 0.2) is 0 Å². The van der Waals surface area contributed by atoms with Crippen molar-refractivity contribution in [3.63, 3.8) is 0 Å². The highest BCUT2D eigenvalue weighted by atomic mass is 35.5. The predicted molar refractivity (Wildman–Crippen MR) is 72.9 cm³/mol. The van der Waals surface area contributed by atoms with Crippen molar-refractivity contribution < 1.29 is 18.0 Å². The minimum absolute atomic E-state index is 0.0372. The van der Waals surface area contributed by atoms with Gasteiger partial charge in [-0.2, -0.15) is 13.2 Å². The molecule has 0 saturated carbocycles. The SMILES string of the molecule is CC(C)[C@@H](C)NC(=O)Nc1ccc(Cl)c(C(F)(F)F)c1. The molecule has 1 aromatic carbocycles. The Labute approximate surface area is 120 Å². The van der Waals surface area contributed by atoms with Gasteiger partial charge in [0, 0.05) is 11.7 Å². The average molecular weight is 309 g/mol. The highest BCUT2D eigenvalue weighted by Crippen LogP contribution is 2.36. The number of amides is 2.